The quantitative estimate of drug-likeness (QED) is 0.474. The molecule has 3 aromatic carbocycles. The van der Waals surface area contributed by atoms with Crippen LogP contribution >= 0.6 is 0 Å². The van der Waals surface area contributed by atoms with Gasteiger partial charge in [-0.3, -0.25) is 0 Å². The zero-order valence-electron chi connectivity index (χ0n) is 15.3. The van der Waals surface area contributed by atoms with Crippen molar-refractivity contribution in [3.8, 4) is 22.7 Å². The standard InChI is InChI=1S/C23H19NO3S/c1-28(25,26)22(18-13-7-3-8-14-18)21-20(17-11-5-2-6-12-17)24-23(27-21)19-15-9-4-10-16-19/h2-16,22H,1H3. The van der Waals surface area contributed by atoms with Crippen LogP contribution in [0.25, 0.3) is 22.7 Å². The Balaban J connectivity index is 1.97. The van der Waals surface area contributed by atoms with Gasteiger partial charge in [-0.1, -0.05) is 78.9 Å². The van der Waals surface area contributed by atoms with Gasteiger partial charge in [-0.05, 0) is 17.7 Å². The minimum absolute atomic E-state index is 0.332. The molecule has 28 heavy (non-hydrogen) atoms. The predicted octanol–water partition coefficient (Wildman–Crippen LogP) is 5.14. The fraction of sp³-hybridized carbons (Fsp3) is 0.0870. The van der Waals surface area contributed by atoms with Gasteiger partial charge in [0, 0.05) is 17.4 Å². The highest BCUT2D eigenvalue weighted by molar-refractivity contribution is 7.91. The summed E-state index contributed by atoms with van der Waals surface area (Å²) in [6, 6.07) is 28.1. The highest BCUT2D eigenvalue weighted by atomic mass is 32.2. The molecule has 0 saturated heterocycles. The van der Waals surface area contributed by atoms with Gasteiger partial charge in [0.2, 0.25) is 5.89 Å². The van der Waals surface area contributed by atoms with Crippen molar-refractivity contribution in [1.29, 1.82) is 0 Å². The summed E-state index contributed by atoms with van der Waals surface area (Å²) in [7, 11) is -3.50. The molecule has 1 aromatic heterocycles. The molecular formula is C23H19NO3S. The summed E-state index contributed by atoms with van der Waals surface area (Å²) in [5, 5.41) is -0.936. The SMILES string of the molecule is CS(=O)(=O)C(c1ccccc1)c1oc(-c2ccccc2)nc1-c1ccccc1. The van der Waals surface area contributed by atoms with Crippen LogP contribution in [0, 0.1) is 0 Å². The van der Waals surface area contributed by atoms with Crippen molar-refractivity contribution < 1.29 is 12.8 Å². The fourth-order valence-corrected chi connectivity index (χ4v) is 4.44. The summed E-state index contributed by atoms with van der Waals surface area (Å²) in [4.78, 5) is 4.68. The summed E-state index contributed by atoms with van der Waals surface area (Å²) in [6.45, 7) is 0. The fourth-order valence-electron chi connectivity index (χ4n) is 3.24. The van der Waals surface area contributed by atoms with Crippen LogP contribution in [0.3, 0.4) is 0 Å². The smallest absolute Gasteiger partial charge is 0.226 e. The van der Waals surface area contributed by atoms with Gasteiger partial charge in [-0.25, -0.2) is 13.4 Å². The lowest BCUT2D eigenvalue weighted by Crippen LogP contribution is -2.13. The number of sulfone groups is 1. The van der Waals surface area contributed by atoms with E-state index in [1.165, 1.54) is 6.26 Å². The van der Waals surface area contributed by atoms with E-state index in [0.29, 0.717) is 22.9 Å². The van der Waals surface area contributed by atoms with E-state index in [9.17, 15) is 8.42 Å². The molecular weight excluding hydrogens is 370 g/mol. The van der Waals surface area contributed by atoms with Crippen molar-refractivity contribution in [2.45, 2.75) is 5.25 Å². The molecule has 0 amide bonds. The number of oxazole rings is 1. The molecule has 1 heterocycles. The van der Waals surface area contributed by atoms with Gasteiger partial charge in [0.1, 0.15) is 10.9 Å². The van der Waals surface area contributed by atoms with Gasteiger partial charge < -0.3 is 4.42 Å². The number of aromatic nitrogens is 1. The first-order valence-electron chi connectivity index (χ1n) is 8.89. The van der Waals surface area contributed by atoms with E-state index in [1.54, 1.807) is 12.1 Å². The molecule has 0 bridgehead atoms. The average molecular weight is 389 g/mol. The summed E-state index contributed by atoms with van der Waals surface area (Å²) in [5.74, 6) is 0.734. The number of hydrogen-bond donors (Lipinski definition) is 0. The summed E-state index contributed by atoms with van der Waals surface area (Å²) in [6.07, 6.45) is 1.23. The normalized spacial score (nSPS) is 12.6. The third-order valence-corrected chi connectivity index (χ3v) is 5.83. The Kier molecular flexibility index (Phi) is 4.84. The van der Waals surface area contributed by atoms with E-state index in [4.69, 9.17) is 4.42 Å². The van der Waals surface area contributed by atoms with Crippen LogP contribution in [-0.2, 0) is 9.84 Å². The van der Waals surface area contributed by atoms with E-state index >= 15 is 0 Å². The van der Waals surface area contributed by atoms with Crippen LogP contribution in [0.2, 0.25) is 0 Å². The van der Waals surface area contributed by atoms with Crippen LogP contribution in [0.4, 0.5) is 0 Å². The number of rotatable bonds is 5. The molecule has 0 fully saturated rings. The molecule has 4 aromatic rings. The van der Waals surface area contributed by atoms with Crippen molar-refractivity contribution in [1.82, 2.24) is 4.98 Å². The van der Waals surface area contributed by atoms with E-state index in [0.717, 1.165) is 11.1 Å². The maximum Gasteiger partial charge on any atom is 0.226 e. The summed E-state index contributed by atoms with van der Waals surface area (Å²) in [5.41, 5.74) is 2.80. The van der Waals surface area contributed by atoms with E-state index in [-0.39, 0.29) is 0 Å². The molecule has 140 valence electrons. The first kappa shape index (κ1) is 18.2. The van der Waals surface area contributed by atoms with Gasteiger partial charge >= 0.3 is 0 Å². The molecule has 0 N–H and O–H groups in total. The predicted molar refractivity (Wildman–Crippen MR) is 111 cm³/mol. The first-order valence-corrected chi connectivity index (χ1v) is 10.8. The molecule has 0 aliphatic rings. The highest BCUT2D eigenvalue weighted by Crippen LogP contribution is 2.39. The lowest BCUT2D eigenvalue weighted by Gasteiger charge is -2.14. The zero-order valence-corrected chi connectivity index (χ0v) is 16.1. The molecule has 0 aliphatic heterocycles. The van der Waals surface area contributed by atoms with Gasteiger partial charge in [0.15, 0.2) is 15.6 Å². The first-order chi connectivity index (χ1) is 13.5. The van der Waals surface area contributed by atoms with Crippen LogP contribution in [-0.4, -0.2) is 19.7 Å². The van der Waals surface area contributed by atoms with E-state index in [2.05, 4.69) is 4.98 Å². The minimum atomic E-state index is -3.50. The molecule has 1 unspecified atom stereocenters. The molecule has 1 atom stereocenters. The van der Waals surface area contributed by atoms with Crippen LogP contribution < -0.4 is 0 Å². The molecule has 4 nitrogen and oxygen atoms in total. The Hall–Kier alpha value is -3.18. The van der Waals surface area contributed by atoms with Crippen LogP contribution in [0.15, 0.2) is 95.4 Å². The molecule has 0 radical (unpaired) electrons. The molecule has 0 spiro atoms. The number of nitrogens with zero attached hydrogens (tertiary/aromatic N) is 1. The Morgan fingerprint density at radius 1 is 0.750 bits per heavy atom. The lowest BCUT2D eigenvalue weighted by atomic mass is 10.0. The Morgan fingerprint density at radius 2 is 1.25 bits per heavy atom. The lowest BCUT2D eigenvalue weighted by molar-refractivity contribution is 0.515. The van der Waals surface area contributed by atoms with Crippen molar-refractivity contribution in [2.75, 3.05) is 6.26 Å². The molecule has 0 saturated carbocycles. The largest absolute Gasteiger partial charge is 0.439 e. The third kappa shape index (κ3) is 3.62. The summed E-state index contributed by atoms with van der Waals surface area (Å²) < 4.78 is 31.7. The van der Waals surface area contributed by atoms with Crippen molar-refractivity contribution in [3.63, 3.8) is 0 Å². The maximum atomic E-state index is 12.8. The third-order valence-electron chi connectivity index (χ3n) is 4.49. The monoisotopic (exact) mass is 389 g/mol. The van der Waals surface area contributed by atoms with Crippen molar-refractivity contribution in [2.24, 2.45) is 0 Å². The molecule has 0 aliphatic carbocycles. The minimum Gasteiger partial charge on any atom is -0.439 e. The van der Waals surface area contributed by atoms with Crippen molar-refractivity contribution in [3.05, 3.63) is 102 Å². The van der Waals surface area contributed by atoms with Crippen LogP contribution in [0.5, 0.6) is 0 Å². The molecule has 5 heteroatoms. The topological polar surface area (TPSA) is 60.2 Å². The second-order valence-electron chi connectivity index (χ2n) is 6.58. The van der Waals surface area contributed by atoms with Gasteiger partial charge in [-0.2, -0.15) is 0 Å². The Morgan fingerprint density at radius 3 is 1.79 bits per heavy atom. The van der Waals surface area contributed by atoms with Crippen molar-refractivity contribution >= 4 is 9.84 Å². The second-order valence-corrected chi connectivity index (χ2v) is 8.71. The van der Waals surface area contributed by atoms with Gasteiger partial charge in [0.25, 0.3) is 0 Å². The van der Waals surface area contributed by atoms with Gasteiger partial charge in [-0.15, -0.1) is 0 Å². The van der Waals surface area contributed by atoms with Crippen LogP contribution in [0.1, 0.15) is 16.6 Å². The van der Waals surface area contributed by atoms with E-state index in [1.807, 2.05) is 78.9 Å². The highest BCUT2D eigenvalue weighted by Gasteiger charge is 2.33. The maximum absolute atomic E-state index is 12.8. The van der Waals surface area contributed by atoms with Gasteiger partial charge in [0.05, 0.1) is 0 Å². The average Bonchev–Trinajstić information content (AvgIpc) is 3.14. The number of benzene rings is 3. The van der Waals surface area contributed by atoms with E-state index < -0.39 is 15.1 Å². The summed E-state index contributed by atoms with van der Waals surface area (Å²) >= 11 is 0. The second kappa shape index (κ2) is 7.44. The number of hydrogen-bond acceptors (Lipinski definition) is 4. The molecule has 4 rings (SSSR count). The Labute approximate surface area is 164 Å². The zero-order chi connectivity index (χ0) is 19.6. The Bertz CT molecular complexity index is 1170.